The molecule has 7 nitrogen and oxygen atoms in total. The highest BCUT2D eigenvalue weighted by atomic mass is 16.6. The predicted octanol–water partition coefficient (Wildman–Crippen LogP) is 3.16. The van der Waals surface area contributed by atoms with Crippen LogP contribution in [0.5, 0.6) is 0 Å². The summed E-state index contributed by atoms with van der Waals surface area (Å²) >= 11 is 0. The molecule has 1 fully saturated rings. The third-order valence-corrected chi connectivity index (χ3v) is 5.62. The van der Waals surface area contributed by atoms with Gasteiger partial charge < -0.3 is 14.2 Å². The van der Waals surface area contributed by atoms with Crippen LogP contribution in [-0.4, -0.2) is 43.8 Å². The molecule has 1 heterocycles. The molecule has 0 saturated carbocycles. The number of esters is 3. The summed E-state index contributed by atoms with van der Waals surface area (Å²) < 4.78 is 16.0. The number of hydrogen-bond donors (Lipinski definition) is 1. The Morgan fingerprint density at radius 1 is 0.812 bits per heavy atom. The van der Waals surface area contributed by atoms with Crippen molar-refractivity contribution < 1.29 is 28.6 Å². The summed E-state index contributed by atoms with van der Waals surface area (Å²) in [5.74, 6) is -3.07. The number of hydrogen-bond acceptors (Lipinski definition) is 7. The molecule has 0 aliphatic carbocycles. The van der Waals surface area contributed by atoms with Gasteiger partial charge in [0.1, 0.15) is 11.6 Å². The Kier molecular flexibility index (Phi) is 6.69. The first-order valence-electron chi connectivity index (χ1n) is 10.4. The van der Waals surface area contributed by atoms with Crippen molar-refractivity contribution in [3.8, 4) is 0 Å². The highest BCUT2D eigenvalue weighted by Gasteiger charge is 2.69. The summed E-state index contributed by atoms with van der Waals surface area (Å²) in [6, 6.07) is 16.1. The van der Waals surface area contributed by atoms with Crippen molar-refractivity contribution >= 4 is 17.9 Å². The van der Waals surface area contributed by atoms with Gasteiger partial charge in [-0.2, -0.15) is 0 Å². The van der Waals surface area contributed by atoms with Crippen LogP contribution in [-0.2, 0) is 28.6 Å². The molecule has 0 aromatic heterocycles. The first-order chi connectivity index (χ1) is 15.2. The lowest BCUT2D eigenvalue weighted by Crippen LogP contribution is -2.49. The third kappa shape index (κ3) is 4.12. The first-order valence-corrected chi connectivity index (χ1v) is 10.4. The summed E-state index contributed by atoms with van der Waals surface area (Å²) in [5, 5.41) is 3.22. The van der Waals surface area contributed by atoms with Crippen LogP contribution in [0.1, 0.15) is 43.9 Å². The molecular formula is C25H29NO6. The van der Waals surface area contributed by atoms with E-state index < -0.39 is 46.9 Å². The Labute approximate surface area is 188 Å². The van der Waals surface area contributed by atoms with E-state index in [0.29, 0.717) is 11.1 Å². The zero-order valence-electron chi connectivity index (χ0n) is 19.0. The van der Waals surface area contributed by atoms with E-state index in [9.17, 15) is 14.4 Å². The number of ether oxygens (including phenoxy) is 3. The van der Waals surface area contributed by atoms with Crippen molar-refractivity contribution in [2.75, 3.05) is 14.2 Å². The van der Waals surface area contributed by atoms with Crippen LogP contribution in [0.3, 0.4) is 0 Å². The maximum Gasteiger partial charge on any atom is 0.325 e. The molecule has 0 unspecified atom stereocenters. The maximum atomic E-state index is 13.4. The van der Waals surface area contributed by atoms with Gasteiger partial charge in [0.2, 0.25) is 0 Å². The van der Waals surface area contributed by atoms with Gasteiger partial charge >= 0.3 is 17.9 Å². The normalized spacial score (nSPS) is 22.1. The Bertz CT molecular complexity index is 951. The smallest absolute Gasteiger partial charge is 0.325 e. The van der Waals surface area contributed by atoms with Gasteiger partial charge in [0.25, 0.3) is 0 Å². The second kappa shape index (κ2) is 9.12. The van der Waals surface area contributed by atoms with Crippen molar-refractivity contribution in [2.24, 2.45) is 5.41 Å². The molecule has 1 aliphatic heterocycles. The molecule has 0 amide bonds. The fourth-order valence-corrected chi connectivity index (χ4v) is 4.45. The van der Waals surface area contributed by atoms with E-state index in [4.69, 9.17) is 14.2 Å². The van der Waals surface area contributed by atoms with Crippen LogP contribution in [0.4, 0.5) is 0 Å². The highest BCUT2D eigenvalue weighted by molar-refractivity contribution is 6.04. The Morgan fingerprint density at radius 2 is 1.28 bits per heavy atom. The Balaban J connectivity index is 2.30. The highest BCUT2D eigenvalue weighted by Crippen LogP contribution is 2.55. The molecule has 0 spiro atoms. The minimum atomic E-state index is -1.85. The van der Waals surface area contributed by atoms with Gasteiger partial charge in [-0.1, -0.05) is 60.7 Å². The van der Waals surface area contributed by atoms with Crippen LogP contribution in [0.15, 0.2) is 60.7 Å². The van der Waals surface area contributed by atoms with Crippen molar-refractivity contribution in [1.29, 1.82) is 0 Å². The van der Waals surface area contributed by atoms with Gasteiger partial charge in [0, 0.05) is 5.92 Å². The number of carbonyl (C=O) groups excluding carboxylic acids is 3. The van der Waals surface area contributed by atoms with Crippen LogP contribution in [0, 0.1) is 5.41 Å². The Hall–Kier alpha value is -3.19. The second-order valence-corrected chi connectivity index (χ2v) is 8.76. The summed E-state index contributed by atoms with van der Waals surface area (Å²) in [6.07, 6.45) is 0. The lowest BCUT2D eigenvalue weighted by atomic mass is 9.66. The van der Waals surface area contributed by atoms with E-state index in [-0.39, 0.29) is 0 Å². The molecule has 1 N–H and O–H groups in total. The van der Waals surface area contributed by atoms with Crippen LogP contribution < -0.4 is 5.32 Å². The molecular weight excluding hydrogens is 410 g/mol. The van der Waals surface area contributed by atoms with E-state index in [1.165, 1.54) is 14.2 Å². The molecule has 2 aromatic rings. The molecule has 1 aliphatic rings. The predicted molar refractivity (Wildman–Crippen MR) is 118 cm³/mol. The van der Waals surface area contributed by atoms with Crippen LogP contribution in [0.2, 0.25) is 0 Å². The number of methoxy groups -OCH3 is 2. The topological polar surface area (TPSA) is 90.9 Å². The van der Waals surface area contributed by atoms with E-state index in [2.05, 4.69) is 5.32 Å². The molecule has 32 heavy (non-hydrogen) atoms. The molecule has 1 saturated heterocycles. The zero-order chi connectivity index (χ0) is 23.5. The van der Waals surface area contributed by atoms with Crippen LogP contribution in [0.25, 0.3) is 0 Å². The standard InChI is InChI=1S/C25H29NO6/c1-24(2,3)32-21(27)19-18(16-12-8-6-9-13-16)25(22(28)30-4,23(29)31-5)20(26-19)17-14-10-7-11-15-17/h6-15,18-20,26H,1-5H3/t18-,19+,20+/m0/s1. The molecule has 7 heteroatoms. The second-order valence-electron chi connectivity index (χ2n) is 8.76. The Morgan fingerprint density at radius 3 is 1.72 bits per heavy atom. The summed E-state index contributed by atoms with van der Waals surface area (Å²) in [6.45, 7) is 5.29. The average Bonchev–Trinajstić information content (AvgIpc) is 3.15. The van der Waals surface area contributed by atoms with E-state index in [0.717, 1.165) is 0 Å². The summed E-state index contributed by atoms with van der Waals surface area (Å²) in [4.78, 5) is 40.2. The fraction of sp³-hybridized carbons (Fsp3) is 0.400. The minimum absolute atomic E-state index is 0.568. The van der Waals surface area contributed by atoms with Crippen molar-refractivity contribution in [3.05, 3.63) is 71.8 Å². The monoisotopic (exact) mass is 439 g/mol. The largest absolute Gasteiger partial charge is 0.468 e. The summed E-state index contributed by atoms with van der Waals surface area (Å²) in [5.41, 5.74) is -1.35. The van der Waals surface area contributed by atoms with E-state index in [1.807, 2.05) is 12.1 Å². The molecule has 3 atom stereocenters. The number of benzene rings is 2. The third-order valence-electron chi connectivity index (χ3n) is 5.62. The first kappa shape index (κ1) is 23.5. The van der Waals surface area contributed by atoms with Gasteiger partial charge in [-0.05, 0) is 31.9 Å². The molecule has 170 valence electrons. The van der Waals surface area contributed by atoms with Gasteiger partial charge in [0.05, 0.1) is 20.3 Å². The van der Waals surface area contributed by atoms with Crippen LogP contribution >= 0.6 is 0 Å². The molecule has 0 bridgehead atoms. The average molecular weight is 440 g/mol. The van der Waals surface area contributed by atoms with Crippen molar-refractivity contribution in [3.63, 3.8) is 0 Å². The van der Waals surface area contributed by atoms with Gasteiger partial charge in [-0.3, -0.25) is 19.7 Å². The molecule has 0 radical (unpaired) electrons. The SMILES string of the molecule is COC(=O)C1(C(=O)OC)[C@@H](c2ccccc2)N[C@@H](C(=O)OC(C)(C)C)[C@@H]1c1ccccc1. The minimum Gasteiger partial charge on any atom is -0.468 e. The summed E-state index contributed by atoms with van der Waals surface area (Å²) in [7, 11) is 2.44. The number of carbonyl (C=O) groups is 3. The number of rotatable bonds is 5. The maximum absolute atomic E-state index is 13.4. The van der Waals surface area contributed by atoms with E-state index in [1.54, 1.807) is 69.3 Å². The van der Waals surface area contributed by atoms with Gasteiger partial charge in [-0.25, -0.2) is 0 Å². The number of nitrogens with one attached hydrogen (secondary N) is 1. The fourth-order valence-electron chi connectivity index (χ4n) is 4.45. The molecule has 2 aromatic carbocycles. The van der Waals surface area contributed by atoms with Crippen molar-refractivity contribution in [1.82, 2.24) is 5.32 Å². The lowest BCUT2D eigenvalue weighted by molar-refractivity contribution is -0.172. The molecule has 3 rings (SSSR count). The zero-order valence-corrected chi connectivity index (χ0v) is 19.0. The lowest BCUT2D eigenvalue weighted by Gasteiger charge is -2.35. The van der Waals surface area contributed by atoms with Gasteiger partial charge in [0.15, 0.2) is 5.41 Å². The van der Waals surface area contributed by atoms with Crippen molar-refractivity contribution in [2.45, 2.75) is 44.4 Å². The van der Waals surface area contributed by atoms with Gasteiger partial charge in [-0.15, -0.1) is 0 Å². The quantitative estimate of drug-likeness (QED) is 0.435. The van der Waals surface area contributed by atoms with E-state index >= 15 is 0 Å².